The van der Waals surface area contributed by atoms with Crippen molar-refractivity contribution in [3.8, 4) is 0 Å². The summed E-state index contributed by atoms with van der Waals surface area (Å²) in [5.74, 6) is 0. The monoisotopic (exact) mass is 321 g/mol. The molecule has 3 heteroatoms. The van der Waals surface area contributed by atoms with Crippen LogP contribution in [-0.4, -0.2) is 6.54 Å². The number of nitrogens with one attached hydrogen (secondary N) is 1. The fourth-order valence-corrected chi connectivity index (χ4v) is 3.77. The van der Waals surface area contributed by atoms with Gasteiger partial charge < -0.3 is 5.32 Å². The fraction of sp³-hybridized carbons (Fsp3) is 0.444. The van der Waals surface area contributed by atoms with Crippen molar-refractivity contribution >= 4 is 22.9 Å². The highest BCUT2D eigenvalue weighted by Gasteiger charge is 2.18. The van der Waals surface area contributed by atoms with Crippen LogP contribution in [0.1, 0.15) is 52.8 Å². The highest BCUT2D eigenvalue weighted by atomic mass is 35.5. The lowest BCUT2D eigenvalue weighted by atomic mass is 9.97. The van der Waals surface area contributed by atoms with Crippen LogP contribution in [0.5, 0.6) is 0 Å². The predicted molar refractivity (Wildman–Crippen MR) is 94.8 cm³/mol. The van der Waals surface area contributed by atoms with E-state index in [9.17, 15) is 0 Å². The van der Waals surface area contributed by atoms with E-state index in [0.717, 1.165) is 30.0 Å². The second-order valence-electron chi connectivity index (χ2n) is 5.50. The van der Waals surface area contributed by atoms with Crippen molar-refractivity contribution in [2.24, 2.45) is 0 Å². The molecule has 0 fully saturated rings. The molecule has 0 spiro atoms. The Balaban J connectivity index is 2.42. The van der Waals surface area contributed by atoms with Gasteiger partial charge in [0.05, 0.1) is 6.04 Å². The molecule has 0 aliphatic carbocycles. The summed E-state index contributed by atoms with van der Waals surface area (Å²) in [5.41, 5.74) is 3.74. The summed E-state index contributed by atoms with van der Waals surface area (Å²) < 4.78 is 0. The molecule has 1 atom stereocenters. The zero-order valence-electron chi connectivity index (χ0n) is 13.3. The quantitative estimate of drug-likeness (QED) is 0.722. The van der Waals surface area contributed by atoms with Gasteiger partial charge in [-0.15, -0.1) is 11.3 Å². The zero-order chi connectivity index (χ0) is 15.4. The summed E-state index contributed by atoms with van der Waals surface area (Å²) in [6, 6.07) is 9.10. The Kier molecular flexibility index (Phi) is 5.86. The average molecular weight is 322 g/mol. The van der Waals surface area contributed by atoms with Crippen LogP contribution in [0.4, 0.5) is 0 Å². The minimum absolute atomic E-state index is 0.270. The molecule has 114 valence electrons. The van der Waals surface area contributed by atoms with Gasteiger partial charge in [-0.2, -0.15) is 0 Å². The molecular weight excluding hydrogens is 298 g/mol. The molecule has 1 unspecified atom stereocenters. The molecule has 1 nitrogen and oxygen atoms in total. The van der Waals surface area contributed by atoms with Gasteiger partial charge in [-0.3, -0.25) is 0 Å². The van der Waals surface area contributed by atoms with Crippen LogP contribution >= 0.6 is 22.9 Å². The van der Waals surface area contributed by atoms with Crippen molar-refractivity contribution in [3.63, 3.8) is 0 Å². The number of halogens is 1. The summed E-state index contributed by atoms with van der Waals surface area (Å²) in [4.78, 5) is 2.83. The van der Waals surface area contributed by atoms with E-state index < -0.39 is 0 Å². The molecule has 1 aromatic heterocycles. The number of benzene rings is 1. The lowest BCUT2D eigenvalue weighted by Crippen LogP contribution is -2.23. The first-order chi connectivity index (χ1) is 10.1. The van der Waals surface area contributed by atoms with Crippen LogP contribution in [0.15, 0.2) is 24.3 Å². The molecule has 0 aliphatic rings. The van der Waals surface area contributed by atoms with Crippen LogP contribution in [0.2, 0.25) is 5.02 Å². The summed E-state index contributed by atoms with van der Waals surface area (Å²) in [6.07, 6.45) is 2.23. The van der Waals surface area contributed by atoms with E-state index in [2.05, 4.69) is 57.3 Å². The van der Waals surface area contributed by atoms with Crippen LogP contribution in [0, 0.1) is 13.8 Å². The Morgan fingerprint density at radius 2 is 1.90 bits per heavy atom. The second-order valence-corrected chi connectivity index (χ2v) is 7.11. The first-order valence-corrected chi connectivity index (χ1v) is 8.84. The molecule has 2 aromatic rings. The summed E-state index contributed by atoms with van der Waals surface area (Å²) >= 11 is 8.16. The molecule has 2 rings (SSSR count). The lowest BCUT2D eigenvalue weighted by molar-refractivity contribution is 0.603. The van der Waals surface area contributed by atoms with Gasteiger partial charge in [-0.1, -0.05) is 31.5 Å². The maximum absolute atomic E-state index is 6.25. The maximum atomic E-state index is 6.25. The van der Waals surface area contributed by atoms with Crippen LogP contribution in [-0.2, 0) is 6.42 Å². The molecule has 0 radical (unpaired) electrons. The Morgan fingerprint density at radius 1 is 1.14 bits per heavy atom. The lowest BCUT2D eigenvalue weighted by Gasteiger charge is -2.21. The minimum atomic E-state index is 0.270. The SMILES string of the molecule is CCCNC(c1ccc(CC)s1)c1cc(C)c(Cl)cc1C. The summed E-state index contributed by atoms with van der Waals surface area (Å²) in [5, 5.41) is 4.55. The van der Waals surface area contributed by atoms with Crippen LogP contribution in [0.25, 0.3) is 0 Å². The van der Waals surface area contributed by atoms with Crippen LogP contribution in [0.3, 0.4) is 0 Å². The van der Waals surface area contributed by atoms with Gasteiger partial charge in [0.2, 0.25) is 0 Å². The summed E-state index contributed by atoms with van der Waals surface area (Å²) in [7, 11) is 0. The third-order valence-corrected chi connectivity index (χ3v) is 5.47. The van der Waals surface area contributed by atoms with Gasteiger partial charge in [0, 0.05) is 14.8 Å². The molecule has 0 saturated carbocycles. The Labute approximate surface area is 137 Å². The average Bonchev–Trinajstić information content (AvgIpc) is 2.93. The minimum Gasteiger partial charge on any atom is -0.306 e. The molecular formula is C18H24ClNS. The molecule has 1 N–H and O–H groups in total. The molecule has 1 heterocycles. The normalized spacial score (nSPS) is 12.6. The largest absolute Gasteiger partial charge is 0.306 e. The molecule has 0 bridgehead atoms. The predicted octanol–water partition coefficient (Wildman–Crippen LogP) is 5.67. The van der Waals surface area contributed by atoms with E-state index in [1.807, 2.05) is 11.3 Å². The third kappa shape index (κ3) is 3.88. The Bertz CT molecular complexity index is 603. The van der Waals surface area contributed by atoms with E-state index in [1.54, 1.807) is 0 Å². The van der Waals surface area contributed by atoms with Crippen molar-refractivity contribution in [3.05, 3.63) is 55.7 Å². The van der Waals surface area contributed by atoms with Crippen molar-refractivity contribution in [2.45, 2.75) is 46.6 Å². The van der Waals surface area contributed by atoms with E-state index in [0.29, 0.717) is 0 Å². The van der Waals surface area contributed by atoms with E-state index in [4.69, 9.17) is 11.6 Å². The highest BCUT2D eigenvalue weighted by Crippen LogP contribution is 2.33. The highest BCUT2D eigenvalue weighted by molar-refractivity contribution is 7.12. The number of aryl methyl sites for hydroxylation is 3. The van der Waals surface area contributed by atoms with E-state index in [-0.39, 0.29) is 6.04 Å². The Morgan fingerprint density at radius 3 is 2.52 bits per heavy atom. The van der Waals surface area contributed by atoms with Gasteiger partial charge in [-0.25, -0.2) is 0 Å². The van der Waals surface area contributed by atoms with Crippen LogP contribution < -0.4 is 5.32 Å². The topological polar surface area (TPSA) is 12.0 Å². The van der Waals surface area contributed by atoms with Crippen molar-refractivity contribution < 1.29 is 0 Å². The molecule has 0 saturated heterocycles. The van der Waals surface area contributed by atoms with Gasteiger partial charge in [0.25, 0.3) is 0 Å². The van der Waals surface area contributed by atoms with Crippen molar-refractivity contribution in [2.75, 3.05) is 6.54 Å². The van der Waals surface area contributed by atoms with Crippen molar-refractivity contribution in [1.82, 2.24) is 5.32 Å². The maximum Gasteiger partial charge on any atom is 0.0673 e. The number of thiophene rings is 1. The first-order valence-electron chi connectivity index (χ1n) is 7.65. The number of hydrogen-bond donors (Lipinski definition) is 1. The van der Waals surface area contributed by atoms with E-state index in [1.165, 1.54) is 20.9 Å². The molecule has 21 heavy (non-hydrogen) atoms. The van der Waals surface area contributed by atoms with Gasteiger partial charge in [0.1, 0.15) is 0 Å². The Hall–Kier alpha value is -0.830. The van der Waals surface area contributed by atoms with Gasteiger partial charge in [0.15, 0.2) is 0 Å². The zero-order valence-corrected chi connectivity index (χ0v) is 14.9. The number of hydrogen-bond acceptors (Lipinski definition) is 2. The third-order valence-electron chi connectivity index (χ3n) is 3.77. The molecule has 1 aromatic carbocycles. The fourth-order valence-electron chi connectivity index (χ4n) is 2.51. The van der Waals surface area contributed by atoms with E-state index >= 15 is 0 Å². The standard InChI is InChI=1S/C18H24ClNS/c1-5-9-20-18(17-8-7-14(6-2)21-17)15-10-13(4)16(19)11-12(15)3/h7-8,10-11,18,20H,5-6,9H2,1-4H3. The van der Waals surface area contributed by atoms with Gasteiger partial charge >= 0.3 is 0 Å². The second kappa shape index (κ2) is 7.44. The molecule has 0 amide bonds. The smallest absolute Gasteiger partial charge is 0.0673 e. The first kappa shape index (κ1) is 16.5. The number of rotatable bonds is 6. The van der Waals surface area contributed by atoms with Gasteiger partial charge in [-0.05, 0) is 68.1 Å². The molecule has 0 aliphatic heterocycles. The van der Waals surface area contributed by atoms with Crippen molar-refractivity contribution in [1.29, 1.82) is 0 Å². The summed E-state index contributed by atoms with van der Waals surface area (Å²) in [6.45, 7) is 9.66.